The quantitative estimate of drug-likeness (QED) is 0.379. The van der Waals surface area contributed by atoms with Crippen LogP contribution in [0.5, 0.6) is 5.75 Å². The minimum Gasteiger partial charge on any atom is -0.495 e. The molecule has 0 radical (unpaired) electrons. The average Bonchev–Trinajstić information content (AvgIpc) is 3.45. The van der Waals surface area contributed by atoms with E-state index in [9.17, 15) is 0 Å². The van der Waals surface area contributed by atoms with E-state index in [2.05, 4.69) is 31.2 Å². The number of hydrogen-bond acceptors (Lipinski definition) is 6. The highest BCUT2D eigenvalue weighted by Crippen LogP contribution is 2.34. The molecule has 166 valence electrons. The van der Waals surface area contributed by atoms with Gasteiger partial charge in [0.1, 0.15) is 17.0 Å². The summed E-state index contributed by atoms with van der Waals surface area (Å²) in [6.45, 7) is 0. The lowest BCUT2D eigenvalue weighted by molar-refractivity contribution is 0.413. The van der Waals surface area contributed by atoms with Crippen LogP contribution in [0.1, 0.15) is 17.0 Å². The Hall–Kier alpha value is -4.72. The molecule has 4 N–H and O–H groups in total. The van der Waals surface area contributed by atoms with Gasteiger partial charge in [0.25, 0.3) is 0 Å². The number of hydrogen-bond donors (Lipinski definition) is 3. The van der Waals surface area contributed by atoms with Gasteiger partial charge in [-0.15, -0.1) is 0 Å². The number of aromatic nitrogens is 6. The van der Waals surface area contributed by atoms with E-state index in [4.69, 9.17) is 15.5 Å². The van der Waals surface area contributed by atoms with Gasteiger partial charge in [0, 0.05) is 46.9 Å². The lowest BCUT2D eigenvalue weighted by Crippen LogP contribution is -2.01. The molecule has 0 spiro atoms. The molecule has 0 unspecified atom stereocenters. The van der Waals surface area contributed by atoms with Crippen LogP contribution in [-0.2, 0) is 6.42 Å². The predicted molar refractivity (Wildman–Crippen MR) is 131 cm³/mol. The zero-order chi connectivity index (χ0) is 23.1. The summed E-state index contributed by atoms with van der Waals surface area (Å²) in [7, 11) is 1.62. The summed E-state index contributed by atoms with van der Waals surface area (Å²) in [4.78, 5) is 17.2. The maximum Gasteiger partial charge on any atom is 0.137 e. The van der Waals surface area contributed by atoms with E-state index in [1.54, 1.807) is 25.7 Å². The van der Waals surface area contributed by atoms with Crippen LogP contribution < -0.4 is 10.5 Å². The van der Waals surface area contributed by atoms with E-state index < -0.39 is 0 Å². The number of aromatic amines is 2. The van der Waals surface area contributed by atoms with Crippen molar-refractivity contribution in [1.29, 1.82) is 0 Å². The summed E-state index contributed by atoms with van der Waals surface area (Å²) in [5, 5.41) is 7.67. The lowest BCUT2D eigenvalue weighted by atomic mass is 10.0. The molecule has 0 atom stereocenters. The van der Waals surface area contributed by atoms with Gasteiger partial charge in [0.05, 0.1) is 35.9 Å². The summed E-state index contributed by atoms with van der Waals surface area (Å²) in [6.07, 6.45) is 9.81. The summed E-state index contributed by atoms with van der Waals surface area (Å²) < 4.78 is 5.31. The number of pyridine rings is 3. The predicted octanol–water partition coefficient (Wildman–Crippen LogP) is 4.25. The molecule has 0 aliphatic heterocycles. The fraction of sp³-hybridized carbons (Fsp3) is 0.0769. The van der Waals surface area contributed by atoms with E-state index in [0.29, 0.717) is 12.2 Å². The number of rotatable bonds is 4. The third-order valence-electron chi connectivity index (χ3n) is 5.88. The molecule has 0 aromatic carbocycles. The van der Waals surface area contributed by atoms with E-state index in [1.807, 2.05) is 48.6 Å². The number of allylic oxidation sites excluding steroid dienone is 3. The van der Waals surface area contributed by atoms with Crippen LogP contribution in [0.2, 0.25) is 0 Å². The first-order valence-electron chi connectivity index (χ1n) is 10.8. The van der Waals surface area contributed by atoms with Gasteiger partial charge in [0.2, 0.25) is 0 Å². The Morgan fingerprint density at radius 1 is 1.03 bits per heavy atom. The number of methoxy groups -OCH3 is 1. The first-order chi connectivity index (χ1) is 16.7. The summed E-state index contributed by atoms with van der Waals surface area (Å²) in [5.74, 6) is 0.680. The molecule has 5 aromatic heterocycles. The van der Waals surface area contributed by atoms with Crippen molar-refractivity contribution in [3.63, 3.8) is 0 Å². The van der Waals surface area contributed by atoms with Gasteiger partial charge in [-0.2, -0.15) is 5.10 Å². The largest absolute Gasteiger partial charge is 0.495 e. The molecule has 0 saturated heterocycles. The highest BCUT2D eigenvalue weighted by molar-refractivity contribution is 5.92. The maximum atomic E-state index is 6.24. The Labute approximate surface area is 195 Å². The number of nitrogens with zero attached hydrogens (tertiary/aromatic N) is 4. The Morgan fingerprint density at radius 2 is 1.97 bits per heavy atom. The molecule has 8 nitrogen and oxygen atoms in total. The van der Waals surface area contributed by atoms with Crippen LogP contribution in [-0.4, -0.2) is 37.2 Å². The summed E-state index contributed by atoms with van der Waals surface area (Å²) >= 11 is 0. The number of fused-ring (bicyclic) bond motifs is 2. The molecule has 8 heteroatoms. The molecular formula is C26H21N7O. The van der Waals surface area contributed by atoms with Gasteiger partial charge in [0.15, 0.2) is 0 Å². The molecule has 1 aliphatic rings. The molecule has 34 heavy (non-hydrogen) atoms. The third-order valence-corrected chi connectivity index (χ3v) is 5.88. The van der Waals surface area contributed by atoms with Crippen LogP contribution in [0.3, 0.4) is 0 Å². The van der Waals surface area contributed by atoms with Crippen molar-refractivity contribution in [2.75, 3.05) is 7.11 Å². The van der Waals surface area contributed by atoms with Crippen LogP contribution in [0.4, 0.5) is 0 Å². The van der Waals surface area contributed by atoms with Gasteiger partial charge in [-0.3, -0.25) is 15.1 Å². The van der Waals surface area contributed by atoms with Crippen molar-refractivity contribution in [1.82, 2.24) is 30.1 Å². The molecule has 6 rings (SSSR count). The van der Waals surface area contributed by atoms with Gasteiger partial charge in [-0.1, -0.05) is 12.1 Å². The number of nitrogens with one attached hydrogen (secondary N) is 2. The zero-order valence-electron chi connectivity index (χ0n) is 18.4. The fourth-order valence-corrected chi connectivity index (χ4v) is 4.21. The summed E-state index contributed by atoms with van der Waals surface area (Å²) in [6, 6.07) is 13.8. The smallest absolute Gasteiger partial charge is 0.137 e. The minimum atomic E-state index is 0.610. The second-order valence-corrected chi connectivity index (χ2v) is 8.07. The molecule has 5 heterocycles. The Kier molecular flexibility index (Phi) is 4.69. The standard InChI is InChI=1S/C26H21N7O/c1-34-17-10-15(13-28-14-17)20-7-8-22-25(31-20)26(33-32-22)24-12-19-18(21-4-2-3-9-29-21)6-5-16(27)11-23(19)30-24/h2-10,12-14,30H,11,27H2,1H3,(H,32,33). The van der Waals surface area contributed by atoms with E-state index in [-0.39, 0.29) is 0 Å². The van der Waals surface area contributed by atoms with Crippen molar-refractivity contribution in [3.8, 4) is 28.4 Å². The SMILES string of the molecule is COc1cncc(-c2ccc3[nH]nc(-c4cc5c([nH]4)CC(N)=CC=C5c4ccccn4)c3n2)c1. The maximum absolute atomic E-state index is 6.24. The molecule has 0 fully saturated rings. The number of ether oxygens (including phenoxy) is 1. The zero-order valence-corrected chi connectivity index (χ0v) is 18.4. The molecule has 0 saturated carbocycles. The number of nitrogens with two attached hydrogens (primary N) is 1. The van der Waals surface area contributed by atoms with Crippen LogP contribution >= 0.6 is 0 Å². The highest BCUT2D eigenvalue weighted by atomic mass is 16.5. The van der Waals surface area contributed by atoms with E-state index in [1.165, 1.54) is 0 Å². The van der Waals surface area contributed by atoms with Crippen molar-refractivity contribution < 1.29 is 4.74 Å². The van der Waals surface area contributed by atoms with E-state index >= 15 is 0 Å². The van der Waals surface area contributed by atoms with Crippen LogP contribution in [0.15, 0.2) is 78.9 Å². The summed E-state index contributed by atoms with van der Waals surface area (Å²) in [5.41, 5.74) is 15.9. The Balaban J connectivity index is 1.47. The monoisotopic (exact) mass is 447 g/mol. The second kappa shape index (κ2) is 8.00. The normalized spacial score (nSPS) is 13.2. The first kappa shape index (κ1) is 19.9. The van der Waals surface area contributed by atoms with Gasteiger partial charge < -0.3 is 15.5 Å². The van der Waals surface area contributed by atoms with Crippen molar-refractivity contribution in [3.05, 3.63) is 95.9 Å². The van der Waals surface area contributed by atoms with Gasteiger partial charge in [-0.25, -0.2) is 4.98 Å². The lowest BCUT2D eigenvalue weighted by Gasteiger charge is -2.05. The van der Waals surface area contributed by atoms with Crippen molar-refractivity contribution in [2.24, 2.45) is 5.73 Å². The average molecular weight is 448 g/mol. The Morgan fingerprint density at radius 3 is 2.82 bits per heavy atom. The highest BCUT2D eigenvalue weighted by Gasteiger charge is 2.21. The topological polar surface area (TPSA) is 118 Å². The second-order valence-electron chi connectivity index (χ2n) is 8.07. The molecule has 0 bridgehead atoms. The molecule has 5 aromatic rings. The van der Waals surface area contributed by atoms with Crippen molar-refractivity contribution >= 4 is 16.6 Å². The Bertz CT molecular complexity index is 1580. The minimum absolute atomic E-state index is 0.610. The molecular weight excluding hydrogens is 426 g/mol. The number of H-pyrrole nitrogens is 2. The molecule has 1 aliphatic carbocycles. The van der Waals surface area contributed by atoms with E-state index in [0.717, 1.165) is 61.9 Å². The first-order valence-corrected chi connectivity index (χ1v) is 10.8. The van der Waals surface area contributed by atoms with Gasteiger partial charge >= 0.3 is 0 Å². The fourth-order valence-electron chi connectivity index (χ4n) is 4.21. The van der Waals surface area contributed by atoms with Crippen LogP contribution in [0.25, 0.3) is 39.3 Å². The van der Waals surface area contributed by atoms with Gasteiger partial charge in [-0.05, 0) is 42.5 Å². The van der Waals surface area contributed by atoms with Crippen molar-refractivity contribution in [2.45, 2.75) is 6.42 Å². The van der Waals surface area contributed by atoms with Crippen LogP contribution in [0, 0.1) is 0 Å². The third kappa shape index (κ3) is 3.41. The molecule has 0 amide bonds.